The van der Waals surface area contributed by atoms with Gasteiger partial charge in [0.05, 0.1) is 0 Å². The second-order valence-electron chi connectivity index (χ2n) is 3.08. The van der Waals surface area contributed by atoms with Crippen LogP contribution in [-0.4, -0.2) is 42.4 Å². The minimum Gasteiger partial charge on any atom is -0.486 e. The molecule has 1 aliphatic heterocycles. The molecule has 0 aromatic carbocycles. The molecule has 0 aromatic rings. The summed E-state index contributed by atoms with van der Waals surface area (Å²) < 4.78 is 74.9. The van der Waals surface area contributed by atoms with E-state index in [0.717, 1.165) is 0 Å². The number of carboxylic acid groups (broad SMARTS) is 1. The number of epoxide rings is 1. The van der Waals surface area contributed by atoms with Crippen molar-refractivity contribution in [1.29, 1.82) is 0 Å². The van der Waals surface area contributed by atoms with Gasteiger partial charge in [0, 0.05) is 6.54 Å². The average Bonchev–Trinajstić information content (AvgIpc) is 2.76. The standard InChI is InChI=1S/C5H9NO3.C3F6O/c1-4(5(7)8)9-3-2-6;4-1(2(5,6)7)3(8,9)10-1/h1-3,6H2,(H,7,8);. The predicted octanol–water partition coefficient (Wildman–Crippen LogP) is 1.40. The van der Waals surface area contributed by atoms with Crippen molar-refractivity contribution in [3.63, 3.8) is 0 Å². The van der Waals surface area contributed by atoms with Crippen molar-refractivity contribution in [2.45, 2.75) is 18.1 Å². The van der Waals surface area contributed by atoms with Gasteiger partial charge in [0.2, 0.25) is 0 Å². The van der Waals surface area contributed by atoms with Crippen molar-refractivity contribution in [3.05, 3.63) is 12.3 Å². The van der Waals surface area contributed by atoms with Gasteiger partial charge >= 0.3 is 24.1 Å². The molecule has 0 aliphatic carbocycles. The molecule has 0 radical (unpaired) electrons. The van der Waals surface area contributed by atoms with Gasteiger partial charge in [0.25, 0.3) is 0 Å². The number of carboxylic acids is 1. The third kappa shape index (κ3) is 4.28. The van der Waals surface area contributed by atoms with E-state index in [0.29, 0.717) is 6.54 Å². The third-order valence-corrected chi connectivity index (χ3v) is 1.60. The van der Waals surface area contributed by atoms with E-state index < -0.39 is 24.1 Å². The van der Waals surface area contributed by atoms with Crippen LogP contribution in [0.25, 0.3) is 0 Å². The Labute approximate surface area is 102 Å². The number of aliphatic carboxylic acids is 1. The largest absolute Gasteiger partial charge is 0.486 e. The van der Waals surface area contributed by atoms with Crippen LogP contribution < -0.4 is 5.73 Å². The lowest BCUT2D eigenvalue weighted by Crippen LogP contribution is -2.32. The van der Waals surface area contributed by atoms with Gasteiger partial charge in [-0.3, -0.25) is 4.74 Å². The van der Waals surface area contributed by atoms with Crippen molar-refractivity contribution in [1.82, 2.24) is 0 Å². The Kier molecular flexibility index (Phi) is 5.21. The van der Waals surface area contributed by atoms with Crippen molar-refractivity contribution in [2.24, 2.45) is 5.73 Å². The molecule has 1 saturated heterocycles. The Balaban J connectivity index is 0.000000344. The van der Waals surface area contributed by atoms with E-state index >= 15 is 0 Å². The van der Waals surface area contributed by atoms with E-state index in [2.05, 4.69) is 16.1 Å². The van der Waals surface area contributed by atoms with Crippen LogP contribution in [0.4, 0.5) is 26.3 Å². The molecule has 0 saturated carbocycles. The lowest BCUT2D eigenvalue weighted by molar-refractivity contribution is -0.231. The van der Waals surface area contributed by atoms with Crippen LogP contribution >= 0.6 is 0 Å². The van der Waals surface area contributed by atoms with Crippen molar-refractivity contribution < 1.29 is 45.7 Å². The fourth-order valence-electron chi connectivity index (χ4n) is 0.618. The van der Waals surface area contributed by atoms with E-state index in [1.54, 1.807) is 0 Å². The van der Waals surface area contributed by atoms with Gasteiger partial charge in [-0.15, -0.1) is 0 Å². The number of alkyl halides is 6. The molecule has 1 rings (SSSR count). The molecule has 0 spiro atoms. The SMILES string of the molecule is C=C(OCCN)C(=O)O.FC(F)(F)C1(F)OC1(F)F. The van der Waals surface area contributed by atoms with Crippen LogP contribution in [-0.2, 0) is 14.3 Å². The minimum absolute atomic E-state index is 0.200. The van der Waals surface area contributed by atoms with Gasteiger partial charge in [0.15, 0.2) is 5.76 Å². The molecule has 11 heteroatoms. The molecule has 5 nitrogen and oxygen atoms in total. The molecular weight excluding hydrogens is 288 g/mol. The fourth-order valence-corrected chi connectivity index (χ4v) is 0.618. The molecule has 1 heterocycles. The van der Waals surface area contributed by atoms with Crippen molar-refractivity contribution in [2.75, 3.05) is 13.2 Å². The molecule has 1 unspecified atom stereocenters. The highest BCUT2D eigenvalue weighted by Crippen LogP contribution is 2.60. The van der Waals surface area contributed by atoms with Gasteiger partial charge in [0.1, 0.15) is 6.61 Å². The zero-order chi connectivity index (χ0) is 15.5. The summed E-state index contributed by atoms with van der Waals surface area (Å²) in [5.74, 6) is -6.16. The maximum atomic E-state index is 11.7. The van der Waals surface area contributed by atoms with Crippen LogP contribution in [0.3, 0.4) is 0 Å². The number of hydrogen-bond donors (Lipinski definition) is 2. The van der Waals surface area contributed by atoms with E-state index in [1.165, 1.54) is 0 Å². The number of rotatable bonds is 4. The average molecular weight is 297 g/mol. The topological polar surface area (TPSA) is 85.1 Å². The number of nitrogens with two attached hydrogens (primary N) is 1. The second kappa shape index (κ2) is 5.65. The van der Waals surface area contributed by atoms with Crippen LogP contribution in [0.2, 0.25) is 0 Å². The van der Waals surface area contributed by atoms with Gasteiger partial charge in [-0.05, 0) is 6.58 Å². The summed E-state index contributed by atoms with van der Waals surface area (Å²) >= 11 is 0. The lowest BCUT2D eigenvalue weighted by atomic mass is 10.4. The molecule has 1 atom stereocenters. The minimum atomic E-state index is -5.66. The summed E-state index contributed by atoms with van der Waals surface area (Å²) in [6, 6.07) is 0. The third-order valence-electron chi connectivity index (χ3n) is 1.60. The van der Waals surface area contributed by atoms with Crippen molar-refractivity contribution in [3.8, 4) is 0 Å². The molecule has 1 fully saturated rings. The Hall–Kier alpha value is -1.49. The first-order valence-electron chi connectivity index (χ1n) is 4.47. The summed E-state index contributed by atoms with van der Waals surface area (Å²) in [7, 11) is 0. The molecule has 19 heavy (non-hydrogen) atoms. The summed E-state index contributed by atoms with van der Waals surface area (Å²) in [5.41, 5.74) is 5.02. The van der Waals surface area contributed by atoms with Gasteiger partial charge in [-0.1, -0.05) is 0 Å². The summed E-state index contributed by atoms with van der Waals surface area (Å²) in [6.45, 7) is 3.61. The zero-order valence-corrected chi connectivity index (χ0v) is 9.14. The number of hydrogen-bond acceptors (Lipinski definition) is 4. The van der Waals surface area contributed by atoms with Gasteiger partial charge in [-0.25, -0.2) is 4.79 Å². The van der Waals surface area contributed by atoms with Gasteiger partial charge < -0.3 is 15.6 Å². The zero-order valence-electron chi connectivity index (χ0n) is 9.14. The molecule has 3 N–H and O–H groups in total. The van der Waals surface area contributed by atoms with Crippen LogP contribution in [0.1, 0.15) is 0 Å². The van der Waals surface area contributed by atoms with E-state index in [9.17, 15) is 31.1 Å². The monoisotopic (exact) mass is 297 g/mol. The Morgan fingerprint density at radius 2 is 1.79 bits per heavy atom. The highest BCUT2D eigenvalue weighted by atomic mass is 19.4. The fraction of sp³-hybridized carbons (Fsp3) is 0.625. The quantitative estimate of drug-likeness (QED) is 0.354. The van der Waals surface area contributed by atoms with E-state index in [1.807, 2.05) is 0 Å². The smallest absolute Gasteiger partial charge is 0.458 e. The van der Waals surface area contributed by atoms with Crippen LogP contribution in [0, 0.1) is 0 Å². The lowest BCUT2D eigenvalue weighted by Gasteiger charge is -2.04. The van der Waals surface area contributed by atoms with E-state index in [-0.39, 0.29) is 12.4 Å². The predicted molar refractivity (Wildman–Crippen MR) is 47.7 cm³/mol. The van der Waals surface area contributed by atoms with Crippen molar-refractivity contribution >= 4 is 5.97 Å². The summed E-state index contributed by atoms with van der Waals surface area (Å²) in [6.07, 6.45) is -10.4. The first-order valence-corrected chi connectivity index (χ1v) is 4.47. The van der Waals surface area contributed by atoms with Gasteiger partial charge in [-0.2, -0.15) is 26.3 Å². The highest BCUT2D eigenvalue weighted by molar-refractivity contribution is 5.83. The highest BCUT2D eigenvalue weighted by Gasteiger charge is 2.90. The molecule has 0 amide bonds. The first-order chi connectivity index (χ1) is 8.39. The molecule has 112 valence electrons. The number of carbonyl (C=O) groups is 1. The Bertz CT molecular complexity index is 358. The maximum Gasteiger partial charge on any atom is 0.458 e. The Morgan fingerprint density at radius 3 is 1.95 bits per heavy atom. The number of halogens is 6. The molecule has 1 aliphatic rings. The molecular formula is C8H9F6NO4. The maximum absolute atomic E-state index is 11.7. The first kappa shape index (κ1) is 17.5. The van der Waals surface area contributed by atoms with Crippen LogP contribution in [0.5, 0.6) is 0 Å². The summed E-state index contributed by atoms with van der Waals surface area (Å²) in [5, 5.41) is 8.14. The normalized spacial score (nSPS) is 23.9. The Morgan fingerprint density at radius 1 is 1.37 bits per heavy atom. The number of ether oxygens (including phenoxy) is 2. The second-order valence-corrected chi connectivity index (χ2v) is 3.08. The molecule has 0 bridgehead atoms. The van der Waals surface area contributed by atoms with Crippen LogP contribution in [0.15, 0.2) is 12.3 Å². The molecule has 0 aromatic heterocycles. The summed E-state index contributed by atoms with van der Waals surface area (Å²) in [4.78, 5) is 9.94. The van der Waals surface area contributed by atoms with E-state index in [4.69, 9.17) is 10.8 Å².